The van der Waals surface area contributed by atoms with Crippen molar-refractivity contribution in [2.45, 2.75) is 106 Å². The molecule has 240 valence electrons. The van der Waals surface area contributed by atoms with Crippen LogP contribution in [0.4, 0.5) is 0 Å². The van der Waals surface area contributed by atoms with Crippen molar-refractivity contribution in [3.63, 3.8) is 0 Å². The lowest BCUT2D eigenvalue weighted by atomic mass is 9.94. The summed E-state index contributed by atoms with van der Waals surface area (Å²) in [5.74, 6) is -0.719. The van der Waals surface area contributed by atoms with Crippen molar-refractivity contribution in [1.82, 2.24) is 5.32 Å². The van der Waals surface area contributed by atoms with Crippen LogP contribution in [0.3, 0.4) is 0 Å². The summed E-state index contributed by atoms with van der Waals surface area (Å²) >= 11 is 0. The lowest BCUT2D eigenvalue weighted by Gasteiger charge is -2.49. The van der Waals surface area contributed by atoms with Gasteiger partial charge in [-0.1, -0.05) is 0 Å². The number of aliphatic hydroxyl groups is 7. The van der Waals surface area contributed by atoms with Gasteiger partial charge in [-0.2, -0.15) is 8.42 Å². The zero-order chi connectivity index (χ0) is 30.8. The smallest absolute Gasteiger partial charge is 0.394 e. The first-order valence-corrected chi connectivity index (χ1v) is 13.8. The zero-order valence-corrected chi connectivity index (χ0v) is 23.0. The first-order valence-electron chi connectivity index (χ1n) is 12.5. The summed E-state index contributed by atoms with van der Waals surface area (Å²) < 4.78 is 69.2. The highest BCUT2D eigenvalue weighted by molar-refractivity contribution is 7.80. The Morgan fingerprint density at radius 3 is 2.00 bits per heavy atom. The predicted molar refractivity (Wildman–Crippen MR) is 127 cm³/mol. The van der Waals surface area contributed by atoms with Crippen molar-refractivity contribution in [2.24, 2.45) is 0 Å². The van der Waals surface area contributed by atoms with E-state index < -0.39 is 122 Å². The van der Waals surface area contributed by atoms with E-state index >= 15 is 0 Å². The second-order valence-electron chi connectivity index (χ2n) is 9.79. The van der Waals surface area contributed by atoms with Gasteiger partial charge in [0.15, 0.2) is 18.9 Å². The molecule has 19 nitrogen and oxygen atoms in total. The van der Waals surface area contributed by atoms with E-state index in [9.17, 15) is 49.0 Å². The third kappa shape index (κ3) is 8.06. The minimum absolute atomic E-state index is 0.719. The minimum atomic E-state index is -5.07. The molecule has 3 rings (SSSR count). The van der Waals surface area contributed by atoms with Gasteiger partial charge in [-0.15, -0.1) is 0 Å². The molecule has 3 aliphatic heterocycles. The summed E-state index contributed by atoms with van der Waals surface area (Å²) in [6, 6.07) is -1.55. The average molecular weight is 624 g/mol. The Hall–Kier alpha value is -1.18. The van der Waals surface area contributed by atoms with Gasteiger partial charge in [0.05, 0.1) is 19.3 Å². The fourth-order valence-electron chi connectivity index (χ4n) is 4.80. The molecule has 0 bridgehead atoms. The Kier molecular flexibility index (Phi) is 11.8. The number of ether oxygens (including phenoxy) is 6. The molecule has 3 heterocycles. The predicted octanol–water partition coefficient (Wildman–Crippen LogP) is -5.92. The standard InChI is InChI=1S/C21H37NO18S/c1-6-11(25)13(27)14(28)20(36-6)40-17-10(22-7(2)24)19(30)37-9(5-35-41(31,32)33)16(17)39-21-15(29)18(34-3)12(26)8(4-23)38-21/h6,8-21,23,25-30H,4-5H2,1-3H3,(H,22,24)(H,31,32,33)/t6-,8+,9+,10+,11+,12-,13+,14-,15+,16+,17+,18-,19+,20+,21-/m0/s1. The number of aliphatic hydroxyl groups excluding tert-OH is 7. The largest absolute Gasteiger partial charge is 0.397 e. The molecule has 3 fully saturated rings. The van der Waals surface area contributed by atoms with Crippen LogP contribution >= 0.6 is 0 Å². The molecule has 3 aliphatic rings. The summed E-state index contributed by atoms with van der Waals surface area (Å²) in [7, 11) is -3.92. The molecule has 0 unspecified atom stereocenters. The van der Waals surface area contributed by atoms with E-state index in [2.05, 4.69) is 9.50 Å². The molecule has 41 heavy (non-hydrogen) atoms. The molecular weight excluding hydrogens is 586 g/mol. The van der Waals surface area contributed by atoms with Crippen LogP contribution in [-0.2, 0) is 47.8 Å². The number of carbonyl (C=O) groups is 1. The lowest BCUT2D eigenvalue weighted by Crippen LogP contribution is -2.69. The summed E-state index contributed by atoms with van der Waals surface area (Å²) in [5, 5.41) is 74.6. The van der Waals surface area contributed by atoms with Crippen LogP contribution in [0.2, 0.25) is 0 Å². The quantitative estimate of drug-likeness (QED) is 0.102. The second kappa shape index (κ2) is 14.1. The van der Waals surface area contributed by atoms with Crippen LogP contribution in [0.1, 0.15) is 13.8 Å². The van der Waals surface area contributed by atoms with Crippen molar-refractivity contribution >= 4 is 16.3 Å². The van der Waals surface area contributed by atoms with Crippen molar-refractivity contribution in [1.29, 1.82) is 0 Å². The first kappa shape index (κ1) is 34.3. The lowest BCUT2D eigenvalue weighted by molar-refractivity contribution is -0.371. The van der Waals surface area contributed by atoms with Gasteiger partial charge in [-0.3, -0.25) is 9.35 Å². The molecule has 0 aromatic carbocycles. The maximum atomic E-state index is 12.0. The molecule has 15 atom stereocenters. The average Bonchev–Trinajstić information content (AvgIpc) is 2.89. The highest BCUT2D eigenvalue weighted by Gasteiger charge is 2.54. The molecule has 0 aromatic heterocycles. The Bertz CT molecular complexity index is 972. The third-order valence-electron chi connectivity index (χ3n) is 6.90. The highest BCUT2D eigenvalue weighted by atomic mass is 32.3. The van der Waals surface area contributed by atoms with Crippen molar-refractivity contribution in [2.75, 3.05) is 20.3 Å². The van der Waals surface area contributed by atoms with Crippen LogP contribution in [0.15, 0.2) is 0 Å². The van der Waals surface area contributed by atoms with Gasteiger partial charge < -0.3 is 69.5 Å². The van der Waals surface area contributed by atoms with Crippen LogP contribution in [0.25, 0.3) is 0 Å². The maximum Gasteiger partial charge on any atom is 0.397 e. The minimum Gasteiger partial charge on any atom is -0.394 e. The van der Waals surface area contributed by atoms with Crippen LogP contribution in [0, 0.1) is 0 Å². The number of hydrogen-bond donors (Lipinski definition) is 9. The Morgan fingerprint density at radius 1 is 0.829 bits per heavy atom. The van der Waals surface area contributed by atoms with Crippen molar-refractivity contribution in [3.05, 3.63) is 0 Å². The Balaban J connectivity index is 2.01. The number of amides is 1. The summed E-state index contributed by atoms with van der Waals surface area (Å²) in [6.07, 6.45) is -22.7. The molecule has 0 aliphatic carbocycles. The van der Waals surface area contributed by atoms with Gasteiger partial charge in [0.1, 0.15) is 67.1 Å². The van der Waals surface area contributed by atoms with E-state index in [1.165, 1.54) is 6.92 Å². The van der Waals surface area contributed by atoms with E-state index in [0.717, 1.165) is 14.0 Å². The molecule has 0 radical (unpaired) electrons. The molecule has 0 spiro atoms. The van der Waals surface area contributed by atoms with E-state index in [0.29, 0.717) is 0 Å². The normalized spacial score (nSPS) is 45.8. The molecule has 0 saturated carbocycles. The van der Waals surface area contributed by atoms with Crippen LogP contribution < -0.4 is 5.32 Å². The molecule has 3 saturated heterocycles. The number of nitrogens with one attached hydrogen (secondary N) is 1. The van der Waals surface area contributed by atoms with Crippen molar-refractivity contribution < 1.29 is 86.1 Å². The van der Waals surface area contributed by atoms with Crippen LogP contribution in [0.5, 0.6) is 0 Å². The summed E-state index contributed by atoms with van der Waals surface area (Å²) in [4.78, 5) is 12.0. The molecule has 1 amide bonds. The summed E-state index contributed by atoms with van der Waals surface area (Å²) in [5.41, 5.74) is 0. The van der Waals surface area contributed by atoms with Crippen LogP contribution in [-0.4, -0.2) is 167 Å². The van der Waals surface area contributed by atoms with Gasteiger partial charge in [0.25, 0.3) is 0 Å². The fraction of sp³-hybridized carbons (Fsp3) is 0.952. The van der Waals surface area contributed by atoms with Gasteiger partial charge in [-0.25, -0.2) is 4.18 Å². The maximum absolute atomic E-state index is 12.0. The SMILES string of the molecule is CO[C@H]1[C@@H](O)[C@@H](CO)O[C@@H](O[C@H]2[C@H](O[C@H]3O[C@@H](C)[C@@H](O)[C@@H](O)[C@@H]3O)[C@@H](NC(C)=O)[C@H](O)O[C@@H]2COS(=O)(=O)O)[C@@H]1O. The number of methoxy groups -OCH3 is 1. The molecule has 0 aromatic rings. The van der Waals surface area contributed by atoms with Gasteiger partial charge in [-0.05, 0) is 6.92 Å². The topological polar surface area (TPSA) is 290 Å². The number of rotatable bonds is 10. The first-order chi connectivity index (χ1) is 19.1. The summed E-state index contributed by atoms with van der Waals surface area (Å²) in [6.45, 7) is 0.652. The van der Waals surface area contributed by atoms with Gasteiger partial charge in [0.2, 0.25) is 5.91 Å². The molecule has 20 heteroatoms. The van der Waals surface area contributed by atoms with Gasteiger partial charge >= 0.3 is 10.4 Å². The van der Waals surface area contributed by atoms with Crippen molar-refractivity contribution in [3.8, 4) is 0 Å². The molecular formula is C21H37NO18S. The van der Waals surface area contributed by atoms with E-state index in [1.807, 2.05) is 0 Å². The van der Waals surface area contributed by atoms with E-state index in [1.54, 1.807) is 0 Å². The Morgan fingerprint density at radius 2 is 1.44 bits per heavy atom. The Labute approximate surface area is 234 Å². The number of carbonyl (C=O) groups excluding carboxylic acids is 1. The zero-order valence-electron chi connectivity index (χ0n) is 22.1. The number of hydrogen-bond acceptors (Lipinski definition) is 17. The molecule has 9 N–H and O–H groups in total. The third-order valence-corrected chi connectivity index (χ3v) is 7.34. The highest BCUT2D eigenvalue weighted by Crippen LogP contribution is 2.33. The monoisotopic (exact) mass is 623 g/mol. The fourth-order valence-corrected chi connectivity index (χ4v) is 5.11. The van der Waals surface area contributed by atoms with Gasteiger partial charge in [0, 0.05) is 14.0 Å². The second-order valence-corrected chi connectivity index (χ2v) is 10.9. The van der Waals surface area contributed by atoms with E-state index in [-0.39, 0.29) is 0 Å². The van der Waals surface area contributed by atoms with E-state index in [4.69, 9.17) is 33.0 Å².